The van der Waals surface area contributed by atoms with Gasteiger partial charge in [-0.1, -0.05) is 32.8 Å². The number of amides is 1. The second-order valence-electron chi connectivity index (χ2n) is 6.60. The first-order valence-corrected chi connectivity index (χ1v) is 8.40. The van der Waals surface area contributed by atoms with Crippen LogP contribution in [0.5, 0.6) is 0 Å². The number of benzene rings is 1. The van der Waals surface area contributed by atoms with Crippen LogP contribution < -0.4 is 0 Å². The maximum Gasteiger partial charge on any atom is 0.226 e. The van der Waals surface area contributed by atoms with Crippen molar-refractivity contribution >= 4 is 16.9 Å². The Morgan fingerprint density at radius 1 is 1.23 bits per heavy atom. The van der Waals surface area contributed by atoms with Crippen LogP contribution in [0.1, 0.15) is 56.8 Å². The number of imidazole rings is 1. The van der Waals surface area contributed by atoms with Gasteiger partial charge in [-0.15, -0.1) is 0 Å². The van der Waals surface area contributed by atoms with Gasteiger partial charge in [-0.05, 0) is 30.5 Å². The number of carbonyl (C=O) groups is 1. The van der Waals surface area contributed by atoms with Crippen molar-refractivity contribution < 1.29 is 4.79 Å². The predicted octanol–water partition coefficient (Wildman–Crippen LogP) is 3.63. The number of fused-ring (bicyclic) bond motifs is 1. The van der Waals surface area contributed by atoms with Gasteiger partial charge in [0, 0.05) is 19.0 Å². The van der Waals surface area contributed by atoms with Crippen molar-refractivity contribution in [3.8, 4) is 0 Å². The van der Waals surface area contributed by atoms with Crippen molar-refractivity contribution in [2.45, 2.75) is 51.9 Å². The zero-order valence-corrected chi connectivity index (χ0v) is 13.6. The fourth-order valence-corrected chi connectivity index (χ4v) is 3.07. The summed E-state index contributed by atoms with van der Waals surface area (Å²) in [5.74, 6) is 1.64. The third kappa shape index (κ3) is 3.32. The predicted molar refractivity (Wildman–Crippen MR) is 88.9 cm³/mol. The molecule has 1 fully saturated rings. The Bertz CT molecular complexity index is 651. The number of aromatic amines is 1. The molecule has 0 atom stereocenters. The molecule has 118 valence electrons. The normalized spacial score (nSPS) is 16.2. The molecule has 0 aliphatic carbocycles. The van der Waals surface area contributed by atoms with E-state index in [1.54, 1.807) is 0 Å². The number of aromatic nitrogens is 2. The standard InChI is InChI=1S/C18H25N3O/c1-13(2)18-19-15-8-7-14(11-16(15)20-18)12-17(22)21-9-5-3-4-6-10-21/h7-8,11,13H,3-6,9-10,12H2,1-2H3,(H,19,20). The molecular formula is C18H25N3O. The van der Waals surface area contributed by atoms with E-state index in [0.29, 0.717) is 12.3 Å². The molecule has 1 aromatic carbocycles. The van der Waals surface area contributed by atoms with Crippen LogP contribution in [0.25, 0.3) is 11.0 Å². The van der Waals surface area contributed by atoms with Crippen molar-refractivity contribution in [2.75, 3.05) is 13.1 Å². The minimum Gasteiger partial charge on any atom is -0.342 e. The molecule has 0 spiro atoms. The van der Waals surface area contributed by atoms with E-state index in [2.05, 4.69) is 29.9 Å². The van der Waals surface area contributed by atoms with E-state index < -0.39 is 0 Å². The van der Waals surface area contributed by atoms with Gasteiger partial charge in [-0.2, -0.15) is 0 Å². The number of carbonyl (C=O) groups excluding carboxylic acids is 1. The first-order valence-electron chi connectivity index (χ1n) is 8.40. The van der Waals surface area contributed by atoms with Crippen molar-refractivity contribution in [2.24, 2.45) is 0 Å². The Morgan fingerprint density at radius 2 is 1.95 bits per heavy atom. The maximum atomic E-state index is 12.5. The first kappa shape index (κ1) is 15.1. The molecule has 2 aromatic rings. The zero-order valence-electron chi connectivity index (χ0n) is 13.6. The van der Waals surface area contributed by atoms with Gasteiger partial charge in [0.1, 0.15) is 5.82 Å². The van der Waals surface area contributed by atoms with Gasteiger partial charge in [-0.25, -0.2) is 4.98 Å². The molecule has 4 nitrogen and oxygen atoms in total. The van der Waals surface area contributed by atoms with Crippen LogP contribution in [0.4, 0.5) is 0 Å². The highest BCUT2D eigenvalue weighted by molar-refractivity contribution is 5.82. The Kier molecular flexibility index (Phi) is 4.46. The van der Waals surface area contributed by atoms with Gasteiger partial charge < -0.3 is 9.88 Å². The largest absolute Gasteiger partial charge is 0.342 e. The summed E-state index contributed by atoms with van der Waals surface area (Å²) in [6.45, 7) is 6.09. The summed E-state index contributed by atoms with van der Waals surface area (Å²) in [7, 11) is 0. The van der Waals surface area contributed by atoms with Gasteiger partial charge in [-0.3, -0.25) is 4.79 Å². The highest BCUT2D eigenvalue weighted by atomic mass is 16.2. The number of hydrogen-bond donors (Lipinski definition) is 1. The van der Waals surface area contributed by atoms with Crippen LogP contribution in [0.15, 0.2) is 18.2 Å². The molecule has 4 heteroatoms. The Morgan fingerprint density at radius 3 is 2.64 bits per heavy atom. The third-order valence-electron chi connectivity index (χ3n) is 4.43. The van der Waals surface area contributed by atoms with Crippen molar-refractivity contribution in [1.29, 1.82) is 0 Å². The van der Waals surface area contributed by atoms with E-state index in [1.165, 1.54) is 12.8 Å². The van der Waals surface area contributed by atoms with Gasteiger partial charge in [0.2, 0.25) is 5.91 Å². The van der Waals surface area contributed by atoms with Crippen LogP contribution in [0.2, 0.25) is 0 Å². The molecule has 22 heavy (non-hydrogen) atoms. The van der Waals surface area contributed by atoms with Crippen LogP contribution in [0.3, 0.4) is 0 Å². The van der Waals surface area contributed by atoms with E-state index in [0.717, 1.165) is 48.4 Å². The molecule has 1 aliphatic rings. The quantitative estimate of drug-likeness (QED) is 0.940. The maximum absolute atomic E-state index is 12.5. The highest BCUT2D eigenvalue weighted by Gasteiger charge is 2.16. The highest BCUT2D eigenvalue weighted by Crippen LogP contribution is 2.19. The van der Waals surface area contributed by atoms with Crippen molar-refractivity contribution in [1.82, 2.24) is 14.9 Å². The minimum absolute atomic E-state index is 0.254. The average Bonchev–Trinajstić information content (AvgIpc) is 2.73. The minimum atomic E-state index is 0.254. The average molecular weight is 299 g/mol. The van der Waals surface area contributed by atoms with Gasteiger partial charge >= 0.3 is 0 Å². The second-order valence-corrected chi connectivity index (χ2v) is 6.60. The number of hydrogen-bond acceptors (Lipinski definition) is 2. The van der Waals surface area contributed by atoms with E-state index in [1.807, 2.05) is 17.0 Å². The molecule has 0 bridgehead atoms. The Hall–Kier alpha value is -1.84. The number of H-pyrrole nitrogens is 1. The number of nitrogens with zero attached hydrogens (tertiary/aromatic N) is 2. The molecular weight excluding hydrogens is 274 g/mol. The summed E-state index contributed by atoms with van der Waals surface area (Å²) >= 11 is 0. The summed E-state index contributed by atoms with van der Waals surface area (Å²) < 4.78 is 0. The zero-order chi connectivity index (χ0) is 15.5. The summed E-state index contributed by atoms with van der Waals surface area (Å²) in [6, 6.07) is 6.12. The van der Waals surface area contributed by atoms with Gasteiger partial charge in [0.15, 0.2) is 0 Å². The lowest BCUT2D eigenvalue weighted by molar-refractivity contribution is -0.130. The van der Waals surface area contributed by atoms with E-state index in [9.17, 15) is 4.79 Å². The molecule has 1 amide bonds. The van der Waals surface area contributed by atoms with Crippen molar-refractivity contribution in [3.05, 3.63) is 29.6 Å². The fraction of sp³-hybridized carbons (Fsp3) is 0.556. The third-order valence-corrected chi connectivity index (χ3v) is 4.43. The molecule has 0 unspecified atom stereocenters. The summed E-state index contributed by atoms with van der Waals surface area (Å²) in [5.41, 5.74) is 3.08. The first-order chi connectivity index (χ1) is 10.6. The lowest BCUT2D eigenvalue weighted by atomic mass is 10.1. The molecule has 2 heterocycles. The molecule has 1 aromatic heterocycles. The Balaban J connectivity index is 1.74. The van der Waals surface area contributed by atoms with Crippen LogP contribution >= 0.6 is 0 Å². The fourth-order valence-electron chi connectivity index (χ4n) is 3.07. The molecule has 1 aliphatic heterocycles. The molecule has 1 saturated heterocycles. The summed E-state index contributed by atoms with van der Waals surface area (Å²) in [4.78, 5) is 22.4. The van der Waals surface area contributed by atoms with Gasteiger partial charge in [0.05, 0.1) is 17.5 Å². The molecule has 0 radical (unpaired) electrons. The summed E-state index contributed by atoms with van der Waals surface area (Å²) in [6.07, 6.45) is 5.28. The molecule has 0 saturated carbocycles. The SMILES string of the molecule is CC(C)c1nc2ccc(CC(=O)N3CCCCCC3)cc2[nH]1. The lowest BCUT2D eigenvalue weighted by Crippen LogP contribution is -2.33. The number of rotatable bonds is 3. The number of likely N-dealkylation sites (tertiary alicyclic amines) is 1. The van der Waals surface area contributed by atoms with Gasteiger partial charge in [0.25, 0.3) is 0 Å². The van der Waals surface area contributed by atoms with Crippen LogP contribution in [-0.2, 0) is 11.2 Å². The second kappa shape index (κ2) is 6.51. The van der Waals surface area contributed by atoms with E-state index in [-0.39, 0.29) is 5.91 Å². The van der Waals surface area contributed by atoms with Crippen LogP contribution in [0, 0.1) is 0 Å². The monoisotopic (exact) mass is 299 g/mol. The Labute approximate surface area is 131 Å². The van der Waals surface area contributed by atoms with Crippen molar-refractivity contribution in [3.63, 3.8) is 0 Å². The number of nitrogens with one attached hydrogen (secondary N) is 1. The van der Waals surface area contributed by atoms with Crippen LogP contribution in [-0.4, -0.2) is 33.9 Å². The smallest absolute Gasteiger partial charge is 0.226 e. The van der Waals surface area contributed by atoms with E-state index >= 15 is 0 Å². The van der Waals surface area contributed by atoms with E-state index in [4.69, 9.17) is 0 Å². The lowest BCUT2D eigenvalue weighted by Gasteiger charge is -2.20. The molecule has 3 rings (SSSR count). The summed E-state index contributed by atoms with van der Waals surface area (Å²) in [5, 5.41) is 0. The molecule has 1 N–H and O–H groups in total. The topological polar surface area (TPSA) is 49.0 Å².